The fourth-order valence-corrected chi connectivity index (χ4v) is 6.24. The van der Waals surface area contributed by atoms with Crippen molar-refractivity contribution in [1.29, 1.82) is 0 Å². The number of aryl methyl sites for hydroxylation is 1. The molecule has 4 aromatic heterocycles. The van der Waals surface area contributed by atoms with E-state index in [-0.39, 0.29) is 20.1 Å². The second-order valence-corrected chi connectivity index (χ2v) is 17.0. The van der Waals surface area contributed by atoms with Gasteiger partial charge < -0.3 is 14.0 Å². The van der Waals surface area contributed by atoms with Crippen molar-refractivity contribution in [2.24, 2.45) is 7.05 Å². The van der Waals surface area contributed by atoms with Gasteiger partial charge in [-0.05, 0) is 28.9 Å². The van der Waals surface area contributed by atoms with Crippen molar-refractivity contribution in [3.63, 3.8) is 0 Å². The summed E-state index contributed by atoms with van der Waals surface area (Å²) >= 11 is 0. The molecule has 0 fully saturated rings. The quantitative estimate of drug-likeness (QED) is 0.133. The number of benzene rings is 3. The molecule has 0 aliphatic heterocycles. The van der Waals surface area contributed by atoms with Crippen molar-refractivity contribution in [2.75, 3.05) is 0 Å². The summed E-state index contributed by atoms with van der Waals surface area (Å²) in [6.07, 6.45) is 3.85. The molecule has 7 heteroatoms. The topological polar surface area (TPSA) is 56.7 Å². The van der Waals surface area contributed by atoms with Crippen LogP contribution in [0.15, 0.2) is 95.7 Å². The second kappa shape index (κ2) is 12.4. The Hall–Kier alpha value is -3.90. The summed E-state index contributed by atoms with van der Waals surface area (Å²) in [4.78, 5) is 13.9. The molecule has 5 nitrogen and oxygen atoms in total. The normalized spacial score (nSPS) is 11.5. The number of para-hydroxylation sites is 1. The molecule has 7 aromatic rings. The smallest absolute Gasteiger partial charge is 0.120 e. The van der Waals surface area contributed by atoms with E-state index in [1.54, 1.807) is 0 Å². The number of furan rings is 1. The Morgan fingerprint density at radius 1 is 0.837 bits per heavy atom. The summed E-state index contributed by atoms with van der Waals surface area (Å²) in [6, 6.07) is 32.9. The number of nitrogens with zero attached hydrogens (tertiary/aromatic N) is 4. The van der Waals surface area contributed by atoms with E-state index < -0.39 is 8.07 Å². The van der Waals surface area contributed by atoms with Crippen molar-refractivity contribution in [3.8, 4) is 22.6 Å². The minimum atomic E-state index is -1.23. The molecular weight excluding hydrogens is 725 g/mol. The molecule has 4 heterocycles. The standard InChI is InChI=1S/C22H18N3O.C14H16NSi.Ir/c1-13(2)20-21-17(10-11-23-20)24-22(25(21)3)14-8-9-19-16(12-14)15-6-4-5-7-18(15)26-19;1-16(2,3)13-9-10-14(15-11-13)12-7-5-4-6-8-12;/h4-7,9-13H,1-3H3;4-7,9-11H,1-3H3;/q2*-1;. The molecule has 0 atom stereocenters. The second-order valence-electron chi connectivity index (χ2n) is 11.9. The molecular formula is C36H34IrN4OSi-2. The monoisotopic (exact) mass is 759 g/mol. The molecule has 219 valence electrons. The maximum Gasteiger partial charge on any atom is 0.120 e. The molecule has 0 bridgehead atoms. The van der Waals surface area contributed by atoms with E-state index in [0.29, 0.717) is 5.92 Å². The first-order chi connectivity index (χ1) is 20.2. The van der Waals surface area contributed by atoms with Crippen LogP contribution < -0.4 is 5.19 Å². The van der Waals surface area contributed by atoms with Crippen LogP contribution in [-0.4, -0.2) is 27.6 Å². The van der Waals surface area contributed by atoms with Gasteiger partial charge >= 0.3 is 0 Å². The van der Waals surface area contributed by atoms with Gasteiger partial charge in [-0.2, -0.15) is 0 Å². The molecule has 0 saturated heterocycles. The molecule has 7 rings (SSSR count). The summed E-state index contributed by atoms with van der Waals surface area (Å²) in [5.74, 6) is 1.23. The molecule has 0 aliphatic rings. The van der Waals surface area contributed by atoms with Crippen molar-refractivity contribution in [3.05, 3.63) is 109 Å². The zero-order valence-electron chi connectivity index (χ0n) is 25.3. The van der Waals surface area contributed by atoms with E-state index in [9.17, 15) is 0 Å². The van der Waals surface area contributed by atoms with Crippen LogP contribution in [0.2, 0.25) is 19.6 Å². The molecule has 3 aromatic carbocycles. The summed E-state index contributed by atoms with van der Waals surface area (Å²) in [6.45, 7) is 11.3. The van der Waals surface area contributed by atoms with Gasteiger partial charge in [-0.25, -0.2) is 0 Å². The van der Waals surface area contributed by atoms with Gasteiger partial charge in [-0.1, -0.05) is 69.2 Å². The first-order valence-corrected chi connectivity index (χ1v) is 17.8. The summed E-state index contributed by atoms with van der Waals surface area (Å²) in [5.41, 5.74) is 7.88. The molecule has 0 amide bonds. The van der Waals surface area contributed by atoms with E-state index in [2.05, 4.69) is 84.4 Å². The van der Waals surface area contributed by atoms with E-state index in [0.717, 1.165) is 61.3 Å². The SMILES string of the molecule is CC(C)c1nccc2nc(-c3[c-]cc4oc5ccccc5c4c3)n(C)c12.C[Si](C)(C)c1ccc(-c2[c-]cccc2)nc1.[Ir]. The largest absolute Gasteiger partial charge is 0.500 e. The zero-order chi connectivity index (χ0) is 29.4. The molecule has 1 radical (unpaired) electrons. The number of pyridine rings is 2. The third kappa shape index (κ3) is 6.11. The fourth-order valence-electron chi connectivity index (χ4n) is 5.20. The van der Waals surface area contributed by atoms with E-state index in [1.807, 2.05) is 74.0 Å². The Balaban J connectivity index is 0.000000188. The molecule has 0 aliphatic carbocycles. The minimum Gasteiger partial charge on any atom is -0.500 e. The Kier molecular flexibility index (Phi) is 8.79. The van der Waals surface area contributed by atoms with Gasteiger partial charge in [-0.3, -0.25) is 9.97 Å². The van der Waals surface area contributed by atoms with Crippen molar-refractivity contribution in [1.82, 2.24) is 19.5 Å². The molecule has 0 N–H and O–H groups in total. The first-order valence-electron chi connectivity index (χ1n) is 14.3. The van der Waals surface area contributed by atoms with Crippen LogP contribution in [-0.2, 0) is 27.2 Å². The number of imidazole rings is 1. The van der Waals surface area contributed by atoms with Crippen molar-refractivity contribution < 1.29 is 24.5 Å². The number of aromatic nitrogens is 4. The van der Waals surface area contributed by atoms with Crippen LogP contribution in [0.4, 0.5) is 0 Å². The van der Waals surface area contributed by atoms with Gasteiger partial charge in [0.2, 0.25) is 0 Å². The van der Waals surface area contributed by atoms with Crippen LogP contribution in [0.1, 0.15) is 25.5 Å². The van der Waals surface area contributed by atoms with Crippen LogP contribution in [0, 0.1) is 12.1 Å². The maximum atomic E-state index is 5.91. The fraction of sp³-hybridized carbons (Fsp3) is 0.194. The molecule has 0 unspecified atom stereocenters. The predicted molar refractivity (Wildman–Crippen MR) is 176 cm³/mol. The summed E-state index contributed by atoms with van der Waals surface area (Å²) < 4.78 is 8.04. The summed E-state index contributed by atoms with van der Waals surface area (Å²) in [7, 11) is 0.815. The first kappa shape index (κ1) is 30.6. The third-order valence-electron chi connectivity index (χ3n) is 7.52. The van der Waals surface area contributed by atoms with Crippen LogP contribution in [0.3, 0.4) is 0 Å². The van der Waals surface area contributed by atoms with Crippen LogP contribution in [0.25, 0.3) is 55.6 Å². The number of fused-ring (bicyclic) bond motifs is 4. The summed E-state index contributed by atoms with van der Waals surface area (Å²) in [5, 5.41) is 3.59. The average Bonchev–Trinajstić information content (AvgIpc) is 3.54. The number of rotatable bonds is 4. The molecule has 0 spiro atoms. The van der Waals surface area contributed by atoms with Gasteiger partial charge in [0.25, 0.3) is 0 Å². The molecule has 0 saturated carbocycles. The van der Waals surface area contributed by atoms with Gasteiger partial charge in [0.05, 0.1) is 36.2 Å². The van der Waals surface area contributed by atoms with Gasteiger partial charge in [-0.15, -0.1) is 59.7 Å². The minimum absolute atomic E-state index is 0. The van der Waals surface area contributed by atoms with Crippen LogP contribution >= 0.6 is 0 Å². The Morgan fingerprint density at radius 2 is 1.63 bits per heavy atom. The number of hydrogen-bond acceptors (Lipinski definition) is 4. The van der Waals surface area contributed by atoms with Gasteiger partial charge in [0, 0.05) is 44.9 Å². The number of hydrogen-bond donors (Lipinski definition) is 0. The van der Waals surface area contributed by atoms with Gasteiger partial charge in [0.15, 0.2) is 0 Å². The molecule has 43 heavy (non-hydrogen) atoms. The van der Waals surface area contributed by atoms with Crippen molar-refractivity contribution in [2.45, 2.75) is 39.4 Å². The van der Waals surface area contributed by atoms with E-state index in [4.69, 9.17) is 9.40 Å². The Bertz CT molecular complexity index is 2010. The Labute approximate surface area is 267 Å². The maximum absolute atomic E-state index is 5.91. The average molecular weight is 759 g/mol. The van der Waals surface area contributed by atoms with E-state index >= 15 is 0 Å². The van der Waals surface area contributed by atoms with E-state index in [1.165, 1.54) is 5.19 Å². The predicted octanol–water partition coefficient (Wildman–Crippen LogP) is 8.55. The zero-order valence-corrected chi connectivity index (χ0v) is 28.7. The third-order valence-corrected chi connectivity index (χ3v) is 9.55. The van der Waals surface area contributed by atoms with Crippen LogP contribution in [0.5, 0.6) is 0 Å². The van der Waals surface area contributed by atoms with Gasteiger partial charge in [0.1, 0.15) is 5.58 Å². The van der Waals surface area contributed by atoms with Crippen molar-refractivity contribution >= 4 is 46.2 Å². The Morgan fingerprint density at radius 3 is 2.33 bits per heavy atom.